The Bertz CT molecular complexity index is 231. The summed E-state index contributed by atoms with van der Waals surface area (Å²) in [7, 11) is 0. The molecule has 0 aromatic heterocycles. The fraction of sp³-hybridized carbons (Fsp3) is 0.917. The molecular formula is C12H25ClN2O. The molecule has 0 saturated carbocycles. The highest BCUT2D eigenvalue weighted by Gasteiger charge is 2.29. The number of amides is 1. The molecule has 96 valence electrons. The summed E-state index contributed by atoms with van der Waals surface area (Å²) in [4.78, 5) is 12.0. The summed E-state index contributed by atoms with van der Waals surface area (Å²) < 4.78 is 0. The third kappa shape index (κ3) is 3.95. The maximum Gasteiger partial charge on any atom is 0.225 e. The van der Waals surface area contributed by atoms with Crippen molar-refractivity contribution in [1.29, 1.82) is 0 Å². The predicted octanol–water partition coefficient (Wildman–Crippen LogP) is 1.96. The zero-order valence-electron chi connectivity index (χ0n) is 10.8. The van der Waals surface area contributed by atoms with Crippen LogP contribution in [0.25, 0.3) is 0 Å². The molecule has 2 N–H and O–H groups in total. The lowest BCUT2D eigenvalue weighted by Crippen LogP contribution is -2.53. The van der Waals surface area contributed by atoms with Crippen molar-refractivity contribution in [3.05, 3.63) is 0 Å². The van der Waals surface area contributed by atoms with Crippen molar-refractivity contribution < 1.29 is 4.79 Å². The van der Waals surface area contributed by atoms with Crippen LogP contribution < -0.4 is 10.6 Å². The van der Waals surface area contributed by atoms with Crippen LogP contribution >= 0.6 is 12.4 Å². The maximum atomic E-state index is 12.0. The van der Waals surface area contributed by atoms with E-state index in [2.05, 4.69) is 24.5 Å². The maximum absolute atomic E-state index is 12.0. The number of rotatable bonds is 3. The smallest absolute Gasteiger partial charge is 0.225 e. The Kier molecular flexibility index (Phi) is 6.34. The van der Waals surface area contributed by atoms with Gasteiger partial charge in [-0.1, -0.05) is 27.7 Å². The van der Waals surface area contributed by atoms with Crippen LogP contribution in [0.4, 0.5) is 0 Å². The van der Waals surface area contributed by atoms with E-state index in [-0.39, 0.29) is 23.7 Å². The molecule has 4 heteroatoms. The third-order valence-electron chi connectivity index (χ3n) is 3.64. The molecule has 1 fully saturated rings. The second-order valence-electron chi connectivity index (χ2n) is 5.29. The fourth-order valence-electron chi connectivity index (χ4n) is 1.71. The van der Waals surface area contributed by atoms with E-state index in [4.69, 9.17) is 0 Å². The Labute approximate surface area is 105 Å². The van der Waals surface area contributed by atoms with Gasteiger partial charge in [-0.05, 0) is 25.3 Å². The SMILES string of the molecule is CCC(C)(C)C(=O)NC1CNCCC1C.Cl. The van der Waals surface area contributed by atoms with E-state index < -0.39 is 0 Å². The summed E-state index contributed by atoms with van der Waals surface area (Å²) in [5, 5.41) is 6.48. The van der Waals surface area contributed by atoms with Gasteiger partial charge in [-0.25, -0.2) is 0 Å². The van der Waals surface area contributed by atoms with Crippen LogP contribution in [0.1, 0.15) is 40.5 Å². The first-order chi connectivity index (χ1) is 6.97. The minimum absolute atomic E-state index is 0. The summed E-state index contributed by atoms with van der Waals surface area (Å²) >= 11 is 0. The summed E-state index contributed by atoms with van der Waals surface area (Å²) in [5.41, 5.74) is -0.239. The first-order valence-corrected chi connectivity index (χ1v) is 5.99. The van der Waals surface area contributed by atoms with E-state index in [9.17, 15) is 4.79 Å². The average molecular weight is 249 g/mol. The van der Waals surface area contributed by atoms with Gasteiger partial charge in [-0.2, -0.15) is 0 Å². The Morgan fingerprint density at radius 3 is 2.62 bits per heavy atom. The molecule has 1 heterocycles. The van der Waals surface area contributed by atoms with Crippen LogP contribution in [-0.4, -0.2) is 25.0 Å². The van der Waals surface area contributed by atoms with E-state index in [1.54, 1.807) is 0 Å². The summed E-state index contributed by atoms with van der Waals surface area (Å²) in [5.74, 6) is 0.772. The molecule has 0 spiro atoms. The number of hydrogen-bond acceptors (Lipinski definition) is 2. The normalized spacial score (nSPS) is 25.8. The minimum atomic E-state index is -0.239. The second-order valence-corrected chi connectivity index (χ2v) is 5.29. The molecule has 0 radical (unpaired) electrons. The largest absolute Gasteiger partial charge is 0.351 e. The van der Waals surface area contributed by atoms with Crippen LogP contribution in [0.3, 0.4) is 0 Å². The van der Waals surface area contributed by atoms with Gasteiger partial charge in [0.15, 0.2) is 0 Å². The molecular weight excluding hydrogens is 224 g/mol. The van der Waals surface area contributed by atoms with Crippen LogP contribution in [0, 0.1) is 11.3 Å². The zero-order valence-corrected chi connectivity index (χ0v) is 11.6. The number of hydrogen-bond donors (Lipinski definition) is 2. The van der Waals surface area contributed by atoms with Crippen molar-refractivity contribution in [2.24, 2.45) is 11.3 Å². The Morgan fingerprint density at radius 2 is 2.12 bits per heavy atom. The van der Waals surface area contributed by atoms with Gasteiger partial charge in [0.05, 0.1) is 0 Å². The van der Waals surface area contributed by atoms with E-state index in [1.807, 2.05) is 13.8 Å². The van der Waals surface area contributed by atoms with Crippen LogP contribution in [0.2, 0.25) is 0 Å². The lowest BCUT2D eigenvalue weighted by Gasteiger charge is -2.33. The second kappa shape index (κ2) is 6.45. The Hall–Kier alpha value is -0.280. The molecule has 1 amide bonds. The molecule has 1 rings (SSSR count). The van der Waals surface area contributed by atoms with Crippen molar-refractivity contribution in [3.8, 4) is 0 Å². The molecule has 0 bridgehead atoms. The van der Waals surface area contributed by atoms with Gasteiger partial charge >= 0.3 is 0 Å². The van der Waals surface area contributed by atoms with Crippen molar-refractivity contribution in [1.82, 2.24) is 10.6 Å². The number of nitrogens with one attached hydrogen (secondary N) is 2. The van der Waals surface area contributed by atoms with E-state index in [0.717, 1.165) is 25.9 Å². The molecule has 1 aliphatic heterocycles. The highest BCUT2D eigenvalue weighted by Crippen LogP contribution is 2.21. The van der Waals surface area contributed by atoms with Crippen LogP contribution in [-0.2, 0) is 4.79 Å². The monoisotopic (exact) mass is 248 g/mol. The van der Waals surface area contributed by atoms with Crippen LogP contribution in [0.15, 0.2) is 0 Å². The summed E-state index contributed by atoms with van der Waals surface area (Å²) in [6.45, 7) is 10.3. The lowest BCUT2D eigenvalue weighted by molar-refractivity contribution is -0.130. The van der Waals surface area contributed by atoms with Crippen molar-refractivity contribution in [3.63, 3.8) is 0 Å². The molecule has 16 heavy (non-hydrogen) atoms. The molecule has 0 aromatic rings. The van der Waals surface area contributed by atoms with Crippen LogP contribution in [0.5, 0.6) is 0 Å². The van der Waals surface area contributed by atoms with Gasteiger partial charge < -0.3 is 10.6 Å². The van der Waals surface area contributed by atoms with Crippen molar-refractivity contribution in [2.45, 2.75) is 46.6 Å². The third-order valence-corrected chi connectivity index (χ3v) is 3.64. The average Bonchev–Trinajstić information content (AvgIpc) is 2.21. The van der Waals surface area contributed by atoms with Gasteiger partial charge in [0.2, 0.25) is 5.91 Å². The van der Waals surface area contributed by atoms with Gasteiger partial charge in [-0.15, -0.1) is 12.4 Å². The van der Waals surface area contributed by atoms with Crippen molar-refractivity contribution in [2.75, 3.05) is 13.1 Å². The number of piperidine rings is 1. The van der Waals surface area contributed by atoms with Crippen molar-refractivity contribution >= 4 is 18.3 Å². The Morgan fingerprint density at radius 1 is 1.50 bits per heavy atom. The first kappa shape index (κ1) is 15.7. The minimum Gasteiger partial charge on any atom is -0.351 e. The first-order valence-electron chi connectivity index (χ1n) is 5.99. The van der Waals surface area contributed by atoms with E-state index >= 15 is 0 Å². The predicted molar refractivity (Wildman–Crippen MR) is 69.9 cm³/mol. The molecule has 2 atom stereocenters. The van der Waals surface area contributed by atoms with E-state index in [0.29, 0.717) is 12.0 Å². The van der Waals surface area contributed by atoms with Gasteiger partial charge in [-0.3, -0.25) is 4.79 Å². The van der Waals surface area contributed by atoms with Gasteiger partial charge in [0.25, 0.3) is 0 Å². The summed E-state index contributed by atoms with van der Waals surface area (Å²) in [6.07, 6.45) is 2.03. The fourth-order valence-corrected chi connectivity index (χ4v) is 1.71. The molecule has 3 nitrogen and oxygen atoms in total. The molecule has 0 aromatic carbocycles. The number of carbonyl (C=O) groups is 1. The standard InChI is InChI=1S/C12H24N2O.ClH/c1-5-12(3,4)11(15)14-10-8-13-7-6-9(10)2;/h9-10,13H,5-8H2,1-4H3,(H,14,15);1H. The van der Waals surface area contributed by atoms with Gasteiger partial charge in [0, 0.05) is 18.0 Å². The summed E-state index contributed by atoms with van der Waals surface area (Å²) in [6, 6.07) is 0.303. The topological polar surface area (TPSA) is 41.1 Å². The molecule has 1 aliphatic rings. The quantitative estimate of drug-likeness (QED) is 0.802. The Balaban J connectivity index is 0.00000225. The zero-order chi connectivity index (χ0) is 11.5. The molecule has 0 aliphatic carbocycles. The highest BCUT2D eigenvalue weighted by molar-refractivity contribution is 5.85. The number of carbonyl (C=O) groups excluding carboxylic acids is 1. The highest BCUT2D eigenvalue weighted by atomic mass is 35.5. The van der Waals surface area contributed by atoms with Gasteiger partial charge in [0.1, 0.15) is 0 Å². The lowest BCUT2D eigenvalue weighted by atomic mass is 9.87. The number of halogens is 1. The molecule has 1 saturated heterocycles. The van der Waals surface area contributed by atoms with E-state index in [1.165, 1.54) is 0 Å². The molecule has 2 unspecified atom stereocenters.